The van der Waals surface area contributed by atoms with Gasteiger partial charge in [0.2, 0.25) is 0 Å². The molecule has 0 unspecified atom stereocenters. The zero-order chi connectivity index (χ0) is 18.8. The Morgan fingerprint density at radius 3 is 2.44 bits per heavy atom. The molecule has 0 aliphatic heterocycles. The number of benzene rings is 1. The number of fused-ring (bicyclic) bond motifs is 1. The Hall–Kier alpha value is -2.47. The Morgan fingerprint density at radius 1 is 1.16 bits per heavy atom. The van der Waals surface area contributed by atoms with Crippen LogP contribution in [0.3, 0.4) is 0 Å². The van der Waals surface area contributed by atoms with Gasteiger partial charge in [-0.25, -0.2) is 0 Å². The van der Waals surface area contributed by atoms with E-state index < -0.39 is 17.2 Å². The first-order chi connectivity index (χ1) is 11.5. The van der Waals surface area contributed by atoms with Crippen LogP contribution in [0.2, 0.25) is 0 Å². The summed E-state index contributed by atoms with van der Waals surface area (Å²) in [4.78, 5) is 28.4. The number of aliphatic hydroxyl groups is 1. The predicted octanol–water partition coefficient (Wildman–Crippen LogP) is 2.53. The van der Waals surface area contributed by atoms with Crippen molar-refractivity contribution in [2.75, 3.05) is 6.54 Å². The summed E-state index contributed by atoms with van der Waals surface area (Å²) >= 11 is 0. The number of ether oxygens (including phenoxy) is 1. The molecule has 2 aromatic rings. The Labute approximate surface area is 147 Å². The highest BCUT2D eigenvalue weighted by Gasteiger charge is 2.19. The number of amides is 1. The lowest BCUT2D eigenvalue weighted by molar-refractivity contribution is -0.153. The number of nitrogens with zero attached hydrogens (tertiary/aromatic N) is 1. The second-order valence-corrected chi connectivity index (χ2v) is 7.42. The number of nitrogens with one attached hydrogen (secondary N) is 1. The number of carbonyl (C=O) groups is 2. The highest BCUT2D eigenvalue weighted by Crippen LogP contribution is 2.25. The van der Waals surface area contributed by atoms with Gasteiger partial charge in [-0.2, -0.15) is 0 Å². The molecule has 0 aliphatic carbocycles. The van der Waals surface area contributed by atoms with E-state index in [1.165, 1.54) is 6.20 Å². The minimum atomic E-state index is -0.995. The number of esters is 1. The molecule has 1 aromatic carbocycles. The van der Waals surface area contributed by atoms with E-state index in [1.807, 2.05) is 0 Å². The zero-order valence-corrected chi connectivity index (χ0v) is 15.2. The number of hydrogen-bond acceptors (Lipinski definition) is 5. The Bertz CT molecular complexity index is 801. The van der Waals surface area contributed by atoms with Gasteiger partial charge in [0.1, 0.15) is 12.1 Å². The maximum absolute atomic E-state index is 12.4. The number of carbonyl (C=O) groups excluding carboxylic acids is 2. The van der Waals surface area contributed by atoms with Gasteiger partial charge >= 0.3 is 5.97 Å². The first kappa shape index (κ1) is 18.9. The molecule has 6 nitrogen and oxygen atoms in total. The fourth-order valence-electron chi connectivity index (χ4n) is 2.35. The maximum Gasteiger partial charge on any atom is 0.325 e. The summed E-state index contributed by atoms with van der Waals surface area (Å²) < 4.78 is 5.17. The van der Waals surface area contributed by atoms with E-state index in [-0.39, 0.29) is 12.5 Å². The second kappa shape index (κ2) is 6.80. The molecule has 0 fully saturated rings. The molecule has 0 bridgehead atoms. The van der Waals surface area contributed by atoms with Crippen LogP contribution in [0.5, 0.6) is 0 Å². The molecular weight excluding hydrogens is 320 g/mol. The molecule has 0 saturated carbocycles. The number of hydrogen-bond donors (Lipinski definition) is 2. The largest absolute Gasteiger partial charge is 0.459 e. The van der Waals surface area contributed by atoms with Crippen LogP contribution in [0.4, 0.5) is 0 Å². The van der Waals surface area contributed by atoms with Gasteiger partial charge in [-0.1, -0.05) is 12.1 Å². The van der Waals surface area contributed by atoms with Crippen LogP contribution in [-0.2, 0) is 15.1 Å². The Balaban J connectivity index is 2.20. The van der Waals surface area contributed by atoms with E-state index in [0.717, 1.165) is 0 Å². The van der Waals surface area contributed by atoms with Gasteiger partial charge in [-0.3, -0.25) is 14.6 Å². The number of rotatable bonds is 4. The van der Waals surface area contributed by atoms with Crippen LogP contribution in [0.1, 0.15) is 50.5 Å². The summed E-state index contributed by atoms with van der Waals surface area (Å²) in [6.45, 7) is 8.47. The molecule has 0 saturated heterocycles. The third-order valence-corrected chi connectivity index (χ3v) is 3.51. The summed E-state index contributed by atoms with van der Waals surface area (Å²) in [5, 5.41) is 13.3. The van der Waals surface area contributed by atoms with Crippen LogP contribution in [-0.4, -0.2) is 34.1 Å². The normalized spacial score (nSPS) is 12.1. The quantitative estimate of drug-likeness (QED) is 0.832. The second-order valence-electron chi connectivity index (χ2n) is 7.42. The van der Waals surface area contributed by atoms with Crippen molar-refractivity contribution in [3.05, 3.63) is 41.6 Å². The van der Waals surface area contributed by atoms with E-state index in [9.17, 15) is 14.7 Å². The zero-order valence-electron chi connectivity index (χ0n) is 15.2. The predicted molar refractivity (Wildman–Crippen MR) is 95.2 cm³/mol. The minimum Gasteiger partial charge on any atom is -0.459 e. The van der Waals surface area contributed by atoms with Gasteiger partial charge in [0.25, 0.3) is 5.91 Å². The third-order valence-electron chi connectivity index (χ3n) is 3.51. The molecule has 1 amide bonds. The lowest BCUT2D eigenvalue weighted by atomic mass is 9.96. The Morgan fingerprint density at radius 2 is 1.84 bits per heavy atom. The molecule has 0 aliphatic rings. The minimum absolute atomic E-state index is 0.207. The van der Waals surface area contributed by atoms with Gasteiger partial charge in [0.15, 0.2) is 0 Å². The van der Waals surface area contributed by atoms with Crippen LogP contribution < -0.4 is 5.32 Å². The average molecular weight is 344 g/mol. The molecule has 2 N–H and O–H groups in total. The van der Waals surface area contributed by atoms with Crippen LogP contribution >= 0.6 is 0 Å². The van der Waals surface area contributed by atoms with Crippen LogP contribution in [0, 0.1) is 0 Å². The molecule has 0 radical (unpaired) electrons. The molecule has 134 valence electrons. The maximum atomic E-state index is 12.4. The van der Waals surface area contributed by atoms with Crippen molar-refractivity contribution in [3.63, 3.8) is 0 Å². The van der Waals surface area contributed by atoms with Gasteiger partial charge in [-0.05, 0) is 52.3 Å². The third kappa shape index (κ3) is 5.00. The summed E-state index contributed by atoms with van der Waals surface area (Å²) in [7, 11) is 0. The summed E-state index contributed by atoms with van der Waals surface area (Å²) in [6.07, 6.45) is 1.53. The Kier molecular flexibility index (Phi) is 5.13. The van der Waals surface area contributed by atoms with E-state index >= 15 is 0 Å². The van der Waals surface area contributed by atoms with Crippen molar-refractivity contribution in [2.45, 2.75) is 45.8 Å². The smallest absolute Gasteiger partial charge is 0.325 e. The topological polar surface area (TPSA) is 88.5 Å². The average Bonchev–Trinajstić information content (AvgIpc) is 2.49. The SMILES string of the molecule is CC(C)(C)OC(=O)CNC(=O)c1ccnc2cc(C(C)(C)O)ccc12. The highest BCUT2D eigenvalue weighted by molar-refractivity contribution is 6.06. The van der Waals surface area contributed by atoms with Crippen molar-refractivity contribution in [1.29, 1.82) is 0 Å². The van der Waals surface area contributed by atoms with Crippen molar-refractivity contribution in [3.8, 4) is 0 Å². The molecule has 0 spiro atoms. The molecule has 2 rings (SSSR count). The molecule has 6 heteroatoms. The first-order valence-corrected chi connectivity index (χ1v) is 8.09. The fourth-order valence-corrected chi connectivity index (χ4v) is 2.35. The van der Waals surface area contributed by atoms with Gasteiger partial charge in [-0.15, -0.1) is 0 Å². The van der Waals surface area contributed by atoms with Gasteiger partial charge < -0.3 is 15.2 Å². The lowest BCUT2D eigenvalue weighted by Gasteiger charge is -2.20. The van der Waals surface area contributed by atoms with Gasteiger partial charge in [0, 0.05) is 11.6 Å². The number of aromatic nitrogens is 1. The summed E-state index contributed by atoms with van der Waals surface area (Å²) in [6, 6.07) is 6.85. The standard InChI is InChI=1S/C19H24N2O4/c1-18(2,3)25-16(22)11-21-17(23)14-8-9-20-15-10-12(19(4,5)24)6-7-13(14)15/h6-10,24H,11H2,1-5H3,(H,21,23). The van der Waals surface area contributed by atoms with Gasteiger partial charge in [0.05, 0.1) is 16.7 Å². The monoisotopic (exact) mass is 344 g/mol. The molecule has 1 aromatic heterocycles. The van der Waals surface area contributed by atoms with Crippen molar-refractivity contribution in [1.82, 2.24) is 10.3 Å². The number of pyridine rings is 1. The molecule has 0 atom stereocenters. The van der Waals surface area contributed by atoms with Crippen molar-refractivity contribution < 1.29 is 19.4 Å². The summed E-state index contributed by atoms with van der Waals surface area (Å²) in [5.41, 5.74) is 0.128. The molecule has 1 heterocycles. The molecular formula is C19H24N2O4. The van der Waals surface area contributed by atoms with Crippen molar-refractivity contribution >= 4 is 22.8 Å². The van der Waals surface area contributed by atoms with Crippen LogP contribution in [0.25, 0.3) is 10.9 Å². The van der Waals surface area contributed by atoms with E-state index in [4.69, 9.17) is 4.74 Å². The van der Waals surface area contributed by atoms with E-state index in [2.05, 4.69) is 10.3 Å². The van der Waals surface area contributed by atoms with Crippen LogP contribution in [0.15, 0.2) is 30.5 Å². The summed E-state index contributed by atoms with van der Waals surface area (Å²) in [5.74, 6) is -0.877. The van der Waals surface area contributed by atoms with Crippen molar-refractivity contribution in [2.24, 2.45) is 0 Å². The molecule has 25 heavy (non-hydrogen) atoms. The fraction of sp³-hybridized carbons (Fsp3) is 0.421. The lowest BCUT2D eigenvalue weighted by Crippen LogP contribution is -2.34. The highest BCUT2D eigenvalue weighted by atomic mass is 16.6. The first-order valence-electron chi connectivity index (χ1n) is 8.09. The van der Waals surface area contributed by atoms with E-state index in [1.54, 1.807) is 58.9 Å². The van der Waals surface area contributed by atoms with E-state index in [0.29, 0.717) is 22.0 Å².